The molecule has 3 heteroatoms. The molecule has 0 atom stereocenters. The van der Waals surface area contributed by atoms with Crippen molar-refractivity contribution in [3.8, 4) is 0 Å². The normalized spacial score (nSPS) is 11.6. The Morgan fingerprint density at radius 1 is 1.50 bits per heavy atom. The van der Waals surface area contributed by atoms with Crippen LogP contribution in [-0.2, 0) is 6.42 Å². The van der Waals surface area contributed by atoms with Gasteiger partial charge in [0.1, 0.15) is 0 Å². The molecule has 14 heavy (non-hydrogen) atoms. The quantitative estimate of drug-likeness (QED) is 0.687. The molecule has 0 aliphatic carbocycles. The summed E-state index contributed by atoms with van der Waals surface area (Å²) in [5.41, 5.74) is 0.588. The van der Waals surface area contributed by atoms with Gasteiger partial charge < -0.3 is 10.4 Å². The Morgan fingerprint density at radius 3 is 2.86 bits per heavy atom. The molecule has 0 saturated heterocycles. The van der Waals surface area contributed by atoms with E-state index in [-0.39, 0.29) is 0 Å². The van der Waals surface area contributed by atoms with E-state index in [1.807, 2.05) is 12.3 Å². The first-order valence-corrected chi connectivity index (χ1v) is 4.90. The van der Waals surface area contributed by atoms with Gasteiger partial charge in [-0.05, 0) is 38.4 Å². The molecule has 0 radical (unpaired) electrons. The zero-order chi connectivity index (χ0) is 10.4. The number of rotatable bonds is 5. The van der Waals surface area contributed by atoms with E-state index in [1.165, 1.54) is 5.56 Å². The lowest BCUT2D eigenvalue weighted by Crippen LogP contribution is -2.35. The summed E-state index contributed by atoms with van der Waals surface area (Å²) in [7, 11) is 0. The van der Waals surface area contributed by atoms with Gasteiger partial charge in [0.15, 0.2) is 0 Å². The molecule has 78 valence electrons. The fourth-order valence-electron chi connectivity index (χ4n) is 1.17. The van der Waals surface area contributed by atoms with Crippen molar-refractivity contribution < 1.29 is 5.11 Å². The smallest absolute Gasteiger partial charge is 0.0715 e. The molecule has 0 unspecified atom stereocenters. The Labute approximate surface area is 85.2 Å². The highest BCUT2D eigenvalue weighted by Crippen LogP contribution is 1.98. The number of nitrogens with one attached hydrogen (secondary N) is 1. The third-order valence-electron chi connectivity index (χ3n) is 1.87. The van der Waals surface area contributed by atoms with Crippen molar-refractivity contribution in [3.05, 3.63) is 30.1 Å². The third-order valence-corrected chi connectivity index (χ3v) is 1.87. The highest BCUT2D eigenvalue weighted by Gasteiger charge is 2.10. The van der Waals surface area contributed by atoms with Crippen LogP contribution < -0.4 is 5.32 Å². The lowest BCUT2D eigenvalue weighted by atomic mass is 10.1. The number of hydrogen-bond acceptors (Lipinski definition) is 3. The number of nitrogens with zero attached hydrogens (tertiary/aromatic N) is 1. The first-order chi connectivity index (χ1) is 6.58. The second-order valence-corrected chi connectivity index (χ2v) is 4.10. The van der Waals surface area contributed by atoms with E-state index in [0.717, 1.165) is 13.0 Å². The van der Waals surface area contributed by atoms with Crippen LogP contribution in [0.4, 0.5) is 0 Å². The van der Waals surface area contributed by atoms with Crippen molar-refractivity contribution in [3.63, 3.8) is 0 Å². The number of aromatic nitrogens is 1. The van der Waals surface area contributed by atoms with Gasteiger partial charge in [0.2, 0.25) is 0 Å². The maximum Gasteiger partial charge on any atom is 0.0715 e. The van der Waals surface area contributed by atoms with Gasteiger partial charge in [0.25, 0.3) is 0 Å². The molecule has 0 aliphatic rings. The first-order valence-electron chi connectivity index (χ1n) is 4.90. The Balaban J connectivity index is 2.17. The number of hydrogen-bond donors (Lipinski definition) is 2. The van der Waals surface area contributed by atoms with Crippen LogP contribution in [0.3, 0.4) is 0 Å². The topological polar surface area (TPSA) is 45.1 Å². The van der Waals surface area contributed by atoms with Crippen LogP contribution in [0.5, 0.6) is 0 Å². The monoisotopic (exact) mass is 194 g/mol. The zero-order valence-corrected chi connectivity index (χ0v) is 8.83. The highest BCUT2D eigenvalue weighted by atomic mass is 16.3. The molecule has 0 saturated carbocycles. The van der Waals surface area contributed by atoms with Gasteiger partial charge in [-0.1, -0.05) is 6.07 Å². The first kappa shape index (κ1) is 11.1. The number of aliphatic hydroxyl groups is 1. The molecule has 1 heterocycles. The van der Waals surface area contributed by atoms with E-state index in [4.69, 9.17) is 0 Å². The van der Waals surface area contributed by atoms with E-state index < -0.39 is 5.60 Å². The van der Waals surface area contributed by atoms with Crippen LogP contribution in [0, 0.1) is 0 Å². The summed E-state index contributed by atoms with van der Waals surface area (Å²) in [5.74, 6) is 0. The van der Waals surface area contributed by atoms with Gasteiger partial charge in [-0.3, -0.25) is 4.98 Å². The number of pyridine rings is 1. The summed E-state index contributed by atoms with van der Waals surface area (Å²) in [6, 6.07) is 3.99. The Kier molecular flexibility index (Phi) is 4.04. The summed E-state index contributed by atoms with van der Waals surface area (Å²) in [6.07, 6.45) is 4.59. The minimum absolute atomic E-state index is 0.618. The van der Waals surface area contributed by atoms with Crippen molar-refractivity contribution >= 4 is 0 Å². The van der Waals surface area contributed by atoms with E-state index in [2.05, 4.69) is 16.4 Å². The average molecular weight is 194 g/mol. The largest absolute Gasteiger partial charge is 0.389 e. The molecular weight excluding hydrogens is 176 g/mol. The Hall–Kier alpha value is -0.930. The van der Waals surface area contributed by atoms with Crippen LogP contribution >= 0.6 is 0 Å². The van der Waals surface area contributed by atoms with Crippen molar-refractivity contribution in [2.45, 2.75) is 25.9 Å². The average Bonchev–Trinajstić information content (AvgIpc) is 2.13. The maximum absolute atomic E-state index is 9.44. The molecular formula is C11H18N2O. The van der Waals surface area contributed by atoms with Crippen LogP contribution in [0.15, 0.2) is 24.5 Å². The third kappa shape index (κ3) is 4.94. The van der Waals surface area contributed by atoms with Gasteiger partial charge in [0.05, 0.1) is 5.60 Å². The second kappa shape index (κ2) is 5.08. The fourth-order valence-corrected chi connectivity index (χ4v) is 1.17. The van der Waals surface area contributed by atoms with Gasteiger partial charge in [-0.25, -0.2) is 0 Å². The molecule has 0 aliphatic heterocycles. The van der Waals surface area contributed by atoms with Gasteiger partial charge >= 0.3 is 0 Å². The van der Waals surface area contributed by atoms with Crippen LogP contribution in [0.25, 0.3) is 0 Å². The predicted molar refractivity (Wildman–Crippen MR) is 57.1 cm³/mol. The van der Waals surface area contributed by atoms with Crippen molar-refractivity contribution in [2.75, 3.05) is 13.1 Å². The Morgan fingerprint density at radius 2 is 2.29 bits per heavy atom. The fraction of sp³-hybridized carbons (Fsp3) is 0.545. The SMILES string of the molecule is CC(C)(O)CNCCc1cccnc1. The van der Waals surface area contributed by atoms with Gasteiger partial charge in [0, 0.05) is 18.9 Å². The highest BCUT2D eigenvalue weighted by molar-refractivity contribution is 5.08. The van der Waals surface area contributed by atoms with E-state index in [9.17, 15) is 5.11 Å². The lowest BCUT2D eigenvalue weighted by Gasteiger charge is -2.17. The standard InChI is InChI=1S/C11H18N2O/c1-11(2,14)9-13-7-5-10-4-3-6-12-8-10/h3-4,6,8,13-14H,5,7,9H2,1-2H3. The van der Waals surface area contributed by atoms with Crippen molar-refractivity contribution in [1.82, 2.24) is 10.3 Å². The molecule has 0 aromatic carbocycles. The minimum atomic E-state index is -0.630. The zero-order valence-electron chi connectivity index (χ0n) is 8.83. The van der Waals surface area contributed by atoms with Gasteiger partial charge in [-0.2, -0.15) is 0 Å². The lowest BCUT2D eigenvalue weighted by molar-refractivity contribution is 0.0801. The molecule has 3 nitrogen and oxygen atoms in total. The van der Waals surface area contributed by atoms with Crippen LogP contribution in [-0.4, -0.2) is 28.8 Å². The summed E-state index contributed by atoms with van der Waals surface area (Å²) in [4.78, 5) is 4.04. The summed E-state index contributed by atoms with van der Waals surface area (Å²) in [5, 5.41) is 12.6. The van der Waals surface area contributed by atoms with Crippen molar-refractivity contribution in [2.24, 2.45) is 0 Å². The van der Waals surface area contributed by atoms with E-state index >= 15 is 0 Å². The maximum atomic E-state index is 9.44. The molecule has 1 rings (SSSR count). The second-order valence-electron chi connectivity index (χ2n) is 4.10. The molecule has 2 N–H and O–H groups in total. The van der Waals surface area contributed by atoms with Crippen molar-refractivity contribution in [1.29, 1.82) is 0 Å². The summed E-state index contributed by atoms with van der Waals surface area (Å²) < 4.78 is 0. The van der Waals surface area contributed by atoms with Gasteiger partial charge in [-0.15, -0.1) is 0 Å². The van der Waals surface area contributed by atoms with E-state index in [0.29, 0.717) is 6.54 Å². The minimum Gasteiger partial charge on any atom is -0.389 e. The predicted octanol–water partition coefficient (Wildman–Crippen LogP) is 0.985. The van der Waals surface area contributed by atoms with E-state index in [1.54, 1.807) is 20.0 Å². The molecule has 0 amide bonds. The van der Waals surface area contributed by atoms with Crippen LogP contribution in [0.2, 0.25) is 0 Å². The molecule has 1 aromatic heterocycles. The van der Waals surface area contributed by atoms with Crippen LogP contribution in [0.1, 0.15) is 19.4 Å². The summed E-state index contributed by atoms with van der Waals surface area (Å²) >= 11 is 0. The molecule has 0 bridgehead atoms. The molecule has 0 spiro atoms. The molecule has 1 aromatic rings. The molecule has 0 fully saturated rings. The Bertz CT molecular complexity index is 254. The summed E-state index contributed by atoms with van der Waals surface area (Å²) in [6.45, 7) is 5.08.